The number of nitrogens with one attached hydrogen (secondary N) is 1. The zero-order valence-corrected chi connectivity index (χ0v) is 19.1. The van der Waals surface area contributed by atoms with Crippen molar-refractivity contribution >= 4 is 28.5 Å². The van der Waals surface area contributed by atoms with Crippen molar-refractivity contribution in [3.63, 3.8) is 0 Å². The third-order valence-electron chi connectivity index (χ3n) is 6.30. The number of rotatable bonds is 4. The summed E-state index contributed by atoms with van der Waals surface area (Å²) in [6.07, 6.45) is 2.60. The molecule has 6 heteroatoms. The Morgan fingerprint density at radius 2 is 1.97 bits per heavy atom. The highest BCUT2D eigenvalue weighted by Gasteiger charge is 2.33. The van der Waals surface area contributed by atoms with Crippen LogP contribution in [0, 0.1) is 22.7 Å². The molecule has 1 unspecified atom stereocenters. The van der Waals surface area contributed by atoms with Gasteiger partial charge in [0.2, 0.25) is 0 Å². The summed E-state index contributed by atoms with van der Waals surface area (Å²) in [4.78, 5) is 30.5. The average molecular weight is 442 g/mol. The second-order valence-electron chi connectivity index (χ2n) is 9.55. The van der Waals surface area contributed by atoms with Gasteiger partial charge in [-0.1, -0.05) is 45.0 Å². The molecular formula is C27H27N3O3. The van der Waals surface area contributed by atoms with E-state index in [1.54, 1.807) is 24.3 Å². The summed E-state index contributed by atoms with van der Waals surface area (Å²) < 4.78 is 5.47. The number of nitriles is 1. The molecule has 168 valence electrons. The van der Waals surface area contributed by atoms with E-state index in [1.807, 2.05) is 30.3 Å². The maximum absolute atomic E-state index is 13.3. The normalized spacial score (nSPS) is 15.4. The summed E-state index contributed by atoms with van der Waals surface area (Å²) >= 11 is 0. The first-order valence-electron chi connectivity index (χ1n) is 11.1. The molecule has 1 amide bonds. The Kier molecular flexibility index (Phi) is 6.15. The van der Waals surface area contributed by atoms with Gasteiger partial charge in [-0.05, 0) is 60.4 Å². The van der Waals surface area contributed by atoms with Gasteiger partial charge in [-0.2, -0.15) is 5.26 Å². The first-order chi connectivity index (χ1) is 15.8. The standard InChI is InChI=1S/C27H27N3O3/c1-27(2,3)18-11-12-23-21(14-18)25(20-9-4-5-10-22(20)30-23)26(32)33-16-24(31)29-19-8-6-7-17(13-19)15-28/h4-10,13,18H,11-12,14,16H2,1-3H3,(H,29,31). The summed E-state index contributed by atoms with van der Waals surface area (Å²) in [5.41, 5.74) is 4.19. The van der Waals surface area contributed by atoms with E-state index in [-0.39, 0.29) is 5.41 Å². The van der Waals surface area contributed by atoms with E-state index < -0.39 is 18.5 Å². The fourth-order valence-corrected chi connectivity index (χ4v) is 4.43. The Bertz CT molecular complexity index is 1270. The number of para-hydroxylation sites is 1. The van der Waals surface area contributed by atoms with Crippen LogP contribution in [0.15, 0.2) is 48.5 Å². The number of hydrogen-bond acceptors (Lipinski definition) is 5. The van der Waals surface area contributed by atoms with Crippen molar-refractivity contribution in [1.29, 1.82) is 5.26 Å². The predicted octanol–water partition coefficient (Wildman–Crippen LogP) is 5.05. The van der Waals surface area contributed by atoms with Gasteiger partial charge in [0.15, 0.2) is 6.61 Å². The molecule has 4 rings (SSSR count). The Hall–Kier alpha value is -3.72. The third kappa shape index (κ3) is 4.88. The maximum atomic E-state index is 13.3. The van der Waals surface area contributed by atoms with Gasteiger partial charge < -0.3 is 10.1 Å². The molecule has 0 spiro atoms. The van der Waals surface area contributed by atoms with Crippen molar-refractivity contribution in [2.75, 3.05) is 11.9 Å². The van der Waals surface area contributed by atoms with Gasteiger partial charge in [0, 0.05) is 16.8 Å². The van der Waals surface area contributed by atoms with Crippen molar-refractivity contribution in [1.82, 2.24) is 4.98 Å². The molecule has 1 aliphatic rings. The van der Waals surface area contributed by atoms with Gasteiger partial charge in [0.25, 0.3) is 5.91 Å². The van der Waals surface area contributed by atoms with E-state index in [2.05, 4.69) is 26.1 Å². The largest absolute Gasteiger partial charge is 0.452 e. The highest BCUT2D eigenvalue weighted by Crippen LogP contribution is 2.39. The quantitative estimate of drug-likeness (QED) is 0.572. The Balaban J connectivity index is 1.58. The van der Waals surface area contributed by atoms with Gasteiger partial charge in [-0.25, -0.2) is 4.79 Å². The molecule has 0 saturated heterocycles. The van der Waals surface area contributed by atoms with Crippen molar-refractivity contribution in [2.45, 2.75) is 40.0 Å². The van der Waals surface area contributed by atoms with Crippen LogP contribution in [0.1, 0.15) is 54.4 Å². The minimum Gasteiger partial charge on any atom is -0.452 e. The molecule has 1 atom stereocenters. The number of carbonyl (C=O) groups is 2. The van der Waals surface area contributed by atoms with Gasteiger partial charge in [0.05, 0.1) is 22.7 Å². The fraction of sp³-hybridized carbons (Fsp3) is 0.333. The number of anilines is 1. The van der Waals surface area contributed by atoms with E-state index in [0.717, 1.165) is 41.4 Å². The van der Waals surface area contributed by atoms with Gasteiger partial charge in [0.1, 0.15) is 0 Å². The minimum absolute atomic E-state index is 0.113. The van der Waals surface area contributed by atoms with E-state index in [0.29, 0.717) is 22.7 Å². The van der Waals surface area contributed by atoms with E-state index in [4.69, 9.17) is 15.0 Å². The summed E-state index contributed by atoms with van der Waals surface area (Å²) in [5, 5.41) is 12.4. The number of pyridine rings is 1. The van der Waals surface area contributed by atoms with Crippen LogP contribution in [0.2, 0.25) is 0 Å². The lowest BCUT2D eigenvalue weighted by Crippen LogP contribution is -2.29. The number of carbonyl (C=O) groups excluding carboxylic acids is 2. The molecule has 0 fully saturated rings. The molecule has 0 saturated carbocycles. The third-order valence-corrected chi connectivity index (χ3v) is 6.30. The number of fused-ring (bicyclic) bond motifs is 2. The van der Waals surface area contributed by atoms with Crippen LogP contribution in [0.3, 0.4) is 0 Å². The Morgan fingerprint density at radius 1 is 1.18 bits per heavy atom. The summed E-state index contributed by atoms with van der Waals surface area (Å²) in [7, 11) is 0. The Morgan fingerprint density at radius 3 is 2.73 bits per heavy atom. The zero-order chi connectivity index (χ0) is 23.6. The molecule has 2 aromatic carbocycles. The molecule has 1 N–H and O–H groups in total. The molecule has 6 nitrogen and oxygen atoms in total. The monoisotopic (exact) mass is 441 g/mol. The minimum atomic E-state index is -0.514. The van der Waals surface area contributed by atoms with E-state index in [1.165, 1.54) is 0 Å². The number of aryl methyl sites for hydroxylation is 1. The fourth-order valence-electron chi connectivity index (χ4n) is 4.43. The van der Waals surface area contributed by atoms with Gasteiger partial charge >= 0.3 is 5.97 Å². The topological polar surface area (TPSA) is 92.1 Å². The van der Waals surface area contributed by atoms with Gasteiger partial charge in [-0.3, -0.25) is 9.78 Å². The molecule has 0 aliphatic heterocycles. The van der Waals surface area contributed by atoms with Crippen LogP contribution in [0.5, 0.6) is 0 Å². The van der Waals surface area contributed by atoms with Crippen LogP contribution >= 0.6 is 0 Å². The zero-order valence-electron chi connectivity index (χ0n) is 19.1. The Labute approximate surface area is 193 Å². The van der Waals surface area contributed by atoms with Crippen molar-refractivity contribution in [3.05, 3.63) is 70.9 Å². The van der Waals surface area contributed by atoms with Crippen LogP contribution in [-0.4, -0.2) is 23.5 Å². The second-order valence-corrected chi connectivity index (χ2v) is 9.55. The summed E-state index contributed by atoms with van der Waals surface area (Å²) in [6.45, 7) is 6.26. The lowest BCUT2D eigenvalue weighted by molar-refractivity contribution is -0.119. The maximum Gasteiger partial charge on any atom is 0.339 e. The number of hydrogen-bond donors (Lipinski definition) is 1. The van der Waals surface area contributed by atoms with Crippen molar-refractivity contribution in [3.8, 4) is 6.07 Å². The molecule has 1 aromatic heterocycles. The molecular weight excluding hydrogens is 414 g/mol. The lowest BCUT2D eigenvalue weighted by Gasteiger charge is -2.35. The van der Waals surface area contributed by atoms with Crippen LogP contribution in [0.25, 0.3) is 10.9 Å². The molecule has 1 aliphatic carbocycles. The van der Waals surface area contributed by atoms with Crippen molar-refractivity contribution < 1.29 is 14.3 Å². The SMILES string of the molecule is CC(C)(C)C1CCc2nc3ccccc3c(C(=O)OCC(=O)Nc3cccc(C#N)c3)c2C1. The average Bonchev–Trinajstić information content (AvgIpc) is 2.80. The molecule has 1 heterocycles. The molecule has 0 radical (unpaired) electrons. The molecule has 3 aromatic rings. The highest BCUT2D eigenvalue weighted by molar-refractivity contribution is 6.06. The number of aromatic nitrogens is 1. The number of esters is 1. The first kappa shape index (κ1) is 22.5. The second kappa shape index (κ2) is 9.03. The van der Waals surface area contributed by atoms with Crippen molar-refractivity contribution in [2.24, 2.45) is 11.3 Å². The van der Waals surface area contributed by atoms with Crippen LogP contribution in [0.4, 0.5) is 5.69 Å². The van der Waals surface area contributed by atoms with Crippen LogP contribution in [-0.2, 0) is 22.4 Å². The number of nitrogens with zero attached hydrogens (tertiary/aromatic N) is 2. The highest BCUT2D eigenvalue weighted by atomic mass is 16.5. The molecule has 33 heavy (non-hydrogen) atoms. The van der Waals surface area contributed by atoms with Gasteiger partial charge in [-0.15, -0.1) is 0 Å². The summed E-state index contributed by atoms with van der Waals surface area (Å²) in [5.74, 6) is -0.547. The predicted molar refractivity (Wildman–Crippen MR) is 127 cm³/mol. The number of benzene rings is 2. The first-order valence-corrected chi connectivity index (χ1v) is 11.1. The smallest absolute Gasteiger partial charge is 0.339 e. The lowest BCUT2D eigenvalue weighted by atomic mass is 9.70. The van der Waals surface area contributed by atoms with E-state index >= 15 is 0 Å². The summed E-state index contributed by atoms with van der Waals surface area (Å²) in [6, 6.07) is 16.2. The molecule has 0 bridgehead atoms. The van der Waals surface area contributed by atoms with E-state index in [9.17, 15) is 9.59 Å². The number of amides is 1. The van der Waals surface area contributed by atoms with Crippen LogP contribution < -0.4 is 5.32 Å². The number of ether oxygens (including phenoxy) is 1.